The van der Waals surface area contributed by atoms with Crippen LogP contribution in [0.2, 0.25) is 0 Å². The first-order valence-electron chi connectivity index (χ1n) is 6.90. The second-order valence-corrected chi connectivity index (χ2v) is 5.30. The molecule has 1 saturated heterocycles. The number of nitrogens with one attached hydrogen (secondary N) is 3. The summed E-state index contributed by atoms with van der Waals surface area (Å²) in [5.74, 6) is 0.137. The lowest BCUT2D eigenvalue weighted by Gasteiger charge is -2.17. The summed E-state index contributed by atoms with van der Waals surface area (Å²) in [6, 6.07) is 5.15. The van der Waals surface area contributed by atoms with Crippen LogP contribution in [-0.2, 0) is 4.79 Å². The second-order valence-electron chi connectivity index (χ2n) is 5.30. The van der Waals surface area contributed by atoms with Crippen LogP contribution in [-0.4, -0.2) is 31.4 Å². The summed E-state index contributed by atoms with van der Waals surface area (Å²) in [7, 11) is 1.59. The van der Waals surface area contributed by atoms with Gasteiger partial charge in [0.25, 0.3) is 5.91 Å². The van der Waals surface area contributed by atoms with Crippen LogP contribution in [0.5, 0.6) is 0 Å². The van der Waals surface area contributed by atoms with Crippen LogP contribution in [0.25, 0.3) is 0 Å². The maximum absolute atomic E-state index is 12.3. The lowest BCUT2D eigenvalue weighted by atomic mass is 10.0. The number of carbonyl (C=O) groups is 2. The molecule has 0 bridgehead atoms. The number of rotatable bonds is 3. The Morgan fingerprint density at radius 2 is 2.10 bits per heavy atom. The quantitative estimate of drug-likeness (QED) is 0.778. The fourth-order valence-electron chi connectivity index (χ4n) is 2.44. The molecule has 5 nitrogen and oxygen atoms in total. The molecule has 0 aromatic heterocycles. The highest BCUT2D eigenvalue weighted by atomic mass is 16.2. The third kappa shape index (κ3) is 2.99. The van der Waals surface area contributed by atoms with Crippen LogP contribution in [0.4, 0.5) is 5.69 Å². The first-order chi connectivity index (χ1) is 9.52. The van der Waals surface area contributed by atoms with Gasteiger partial charge in [-0.3, -0.25) is 9.59 Å². The molecule has 0 spiro atoms. The van der Waals surface area contributed by atoms with Crippen LogP contribution in [0.3, 0.4) is 0 Å². The van der Waals surface area contributed by atoms with Crippen LogP contribution in [0.15, 0.2) is 18.2 Å². The van der Waals surface area contributed by atoms with Crippen molar-refractivity contribution in [1.29, 1.82) is 0 Å². The molecule has 5 heteroatoms. The molecule has 1 fully saturated rings. The Bertz CT molecular complexity index is 528. The number of benzene rings is 1. The molecule has 20 heavy (non-hydrogen) atoms. The Balaban J connectivity index is 2.16. The number of hydrogen-bond acceptors (Lipinski definition) is 3. The van der Waals surface area contributed by atoms with Crippen LogP contribution < -0.4 is 16.0 Å². The molecular weight excluding hydrogens is 254 g/mol. The second kappa shape index (κ2) is 6.05. The SMILES string of the molecule is CNC(=O)c1ccc(C)c(NC(=O)C2NCCC2C)c1. The zero-order valence-corrected chi connectivity index (χ0v) is 12.1. The smallest absolute Gasteiger partial charge is 0.251 e. The van der Waals surface area contributed by atoms with E-state index in [9.17, 15) is 9.59 Å². The molecular formula is C15H21N3O2. The average molecular weight is 275 g/mol. The van der Waals surface area contributed by atoms with Gasteiger partial charge in [0.15, 0.2) is 0 Å². The summed E-state index contributed by atoms with van der Waals surface area (Å²) >= 11 is 0. The normalized spacial score (nSPS) is 21.6. The molecule has 0 saturated carbocycles. The van der Waals surface area contributed by atoms with Gasteiger partial charge in [0.05, 0.1) is 6.04 Å². The molecule has 2 rings (SSSR count). The predicted molar refractivity (Wildman–Crippen MR) is 78.8 cm³/mol. The molecule has 1 heterocycles. The van der Waals surface area contributed by atoms with Crippen molar-refractivity contribution in [3.05, 3.63) is 29.3 Å². The van der Waals surface area contributed by atoms with Gasteiger partial charge >= 0.3 is 0 Å². The van der Waals surface area contributed by atoms with E-state index >= 15 is 0 Å². The molecule has 1 aliphatic heterocycles. The topological polar surface area (TPSA) is 70.2 Å². The lowest BCUT2D eigenvalue weighted by molar-refractivity contribution is -0.118. The van der Waals surface area contributed by atoms with Gasteiger partial charge in [0.1, 0.15) is 0 Å². The highest BCUT2D eigenvalue weighted by molar-refractivity contribution is 5.99. The van der Waals surface area contributed by atoms with E-state index in [0.29, 0.717) is 17.2 Å². The predicted octanol–water partition coefficient (Wildman–Crippen LogP) is 1.29. The summed E-state index contributed by atoms with van der Waals surface area (Å²) in [6.07, 6.45) is 1.01. The van der Waals surface area contributed by atoms with Gasteiger partial charge in [0, 0.05) is 18.3 Å². The number of aryl methyl sites for hydroxylation is 1. The van der Waals surface area contributed by atoms with Gasteiger partial charge in [-0.2, -0.15) is 0 Å². The zero-order chi connectivity index (χ0) is 14.7. The molecule has 1 aromatic carbocycles. The first-order valence-corrected chi connectivity index (χ1v) is 6.90. The van der Waals surface area contributed by atoms with Crippen molar-refractivity contribution in [2.75, 3.05) is 18.9 Å². The fourth-order valence-corrected chi connectivity index (χ4v) is 2.44. The number of carbonyl (C=O) groups excluding carboxylic acids is 2. The minimum Gasteiger partial charge on any atom is -0.355 e. The number of anilines is 1. The van der Waals surface area contributed by atoms with Crippen LogP contribution in [0, 0.1) is 12.8 Å². The van der Waals surface area contributed by atoms with E-state index in [1.165, 1.54) is 0 Å². The van der Waals surface area contributed by atoms with Crippen molar-refractivity contribution in [1.82, 2.24) is 10.6 Å². The van der Waals surface area contributed by atoms with Gasteiger partial charge in [-0.15, -0.1) is 0 Å². The molecule has 2 atom stereocenters. The van der Waals surface area contributed by atoms with Crippen molar-refractivity contribution in [2.45, 2.75) is 26.3 Å². The molecule has 2 amide bonds. The van der Waals surface area contributed by atoms with E-state index in [2.05, 4.69) is 22.9 Å². The zero-order valence-electron chi connectivity index (χ0n) is 12.1. The largest absolute Gasteiger partial charge is 0.355 e. The van der Waals surface area contributed by atoms with Gasteiger partial charge in [-0.25, -0.2) is 0 Å². The minimum absolute atomic E-state index is 0.0350. The van der Waals surface area contributed by atoms with E-state index in [4.69, 9.17) is 0 Å². The monoisotopic (exact) mass is 275 g/mol. The van der Waals surface area contributed by atoms with Crippen LogP contribution in [0.1, 0.15) is 29.3 Å². The summed E-state index contributed by atoms with van der Waals surface area (Å²) in [6.45, 7) is 4.85. The van der Waals surface area contributed by atoms with Crippen molar-refractivity contribution in [2.24, 2.45) is 5.92 Å². The Kier molecular flexibility index (Phi) is 4.39. The van der Waals surface area contributed by atoms with Crippen molar-refractivity contribution < 1.29 is 9.59 Å². The van der Waals surface area contributed by atoms with Gasteiger partial charge in [0.2, 0.25) is 5.91 Å². The number of hydrogen-bond donors (Lipinski definition) is 3. The van der Waals surface area contributed by atoms with Crippen molar-refractivity contribution in [3.63, 3.8) is 0 Å². The molecule has 2 unspecified atom stereocenters. The molecule has 0 aliphatic carbocycles. The van der Waals surface area contributed by atoms with Gasteiger partial charge < -0.3 is 16.0 Å². The molecule has 108 valence electrons. The average Bonchev–Trinajstić information content (AvgIpc) is 2.86. The Morgan fingerprint density at radius 3 is 2.70 bits per heavy atom. The highest BCUT2D eigenvalue weighted by Gasteiger charge is 2.29. The van der Waals surface area contributed by atoms with Gasteiger partial charge in [-0.05, 0) is 43.5 Å². The lowest BCUT2D eigenvalue weighted by Crippen LogP contribution is -2.39. The highest BCUT2D eigenvalue weighted by Crippen LogP contribution is 2.20. The molecule has 1 aromatic rings. The Morgan fingerprint density at radius 1 is 1.35 bits per heavy atom. The van der Waals surface area contributed by atoms with Gasteiger partial charge in [-0.1, -0.05) is 13.0 Å². The maximum Gasteiger partial charge on any atom is 0.251 e. The molecule has 3 N–H and O–H groups in total. The Hall–Kier alpha value is -1.88. The van der Waals surface area contributed by atoms with E-state index in [0.717, 1.165) is 18.5 Å². The minimum atomic E-state index is -0.159. The molecule has 1 aliphatic rings. The van der Waals surface area contributed by atoms with E-state index in [1.807, 2.05) is 13.0 Å². The van der Waals surface area contributed by atoms with E-state index < -0.39 is 0 Å². The number of amides is 2. The summed E-state index contributed by atoms with van der Waals surface area (Å²) < 4.78 is 0. The first kappa shape index (κ1) is 14.5. The summed E-state index contributed by atoms with van der Waals surface area (Å²) in [5.41, 5.74) is 2.18. The van der Waals surface area contributed by atoms with Crippen molar-refractivity contribution in [3.8, 4) is 0 Å². The summed E-state index contributed by atoms with van der Waals surface area (Å²) in [5, 5.41) is 8.70. The molecule has 0 radical (unpaired) electrons. The van der Waals surface area contributed by atoms with Crippen molar-refractivity contribution >= 4 is 17.5 Å². The third-order valence-electron chi connectivity index (χ3n) is 3.80. The van der Waals surface area contributed by atoms with E-state index in [-0.39, 0.29) is 17.9 Å². The maximum atomic E-state index is 12.3. The Labute approximate surface area is 119 Å². The standard InChI is InChI=1S/C15H21N3O2/c1-9-4-5-11(14(19)16-3)8-12(9)18-15(20)13-10(2)6-7-17-13/h4-5,8,10,13,17H,6-7H2,1-3H3,(H,16,19)(H,18,20). The third-order valence-corrected chi connectivity index (χ3v) is 3.80. The fraction of sp³-hybridized carbons (Fsp3) is 0.467. The summed E-state index contributed by atoms with van der Waals surface area (Å²) in [4.78, 5) is 23.9. The van der Waals surface area contributed by atoms with E-state index in [1.54, 1.807) is 19.2 Å². The van der Waals surface area contributed by atoms with Crippen LogP contribution >= 0.6 is 0 Å².